The molecule has 0 heterocycles. The van der Waals surface area contributed by atoms with Crippen molar-refractivity contribution in [3.8, 4) is 0 Å². The SMILES string of the molecule is Cc1ccc(NC(=O)N[C@@H]2CCC[C@@H]2O)cc1. The summed E-state index contributed by atoms with van der Waals surface area (Å²) in [7, 11) is 0. The highest BCUT2D eigenvalue weighted by molar-refractivity contribution is 5.89. The van der Waals surface area contributed by atoms with Crippen molar-refractivity contribution >= 4 is 11.7 Å². The average Bonchev–Trinajstić information content (AvgIpc) is 2.68. The number of nitrogens with one attached hydrogen (secondary N) is 2. The van der Waals surface area contributed by atoms with Crippen molar-refractivity contribution in [1.29, 1.82) is 0 Å². The first kappa shape index (κ1) is 11.9. The highest BCUT2D eigenvalue weighted by Gasteiger charge is 2.26. The lowest BCUT2D eigenvalue weighted by Gasteiger charge is -2.16. The predicted molar refractivity (Wildman–Crippen MR) is 67.0 cm³/mol. The Morgan fingerprint density at radius 3 is 2.59 bits per heavy atom. The summed E-state index contributed by atoms with van der Waals surface area (Å²) in [5, 5.41) is 15.1. The monoisotopic (exact) mass is 234 g/mol. The van der Waals surface area contributed by atoms with Crippen LogP contribution in [0.25, 0.3) is 0 Å². The molecule has 0 aliphatic heterocycles. The van der Waals surface area contributed by atoms with E-state index < -0.39 is 6.10 Å². The van der Waals surface area contributed by atoms with Gasteiger partial charge in [0.25, 0.3) is 0 Å². The Morgan fingerprint density at radius 1 is 1.29 bits per heavy atom. The number of aryl methyl sites for hydroxylation is 1. The van der Waals surface area contributed by atoms with Gasteiger partial charge in [0.2, 0.25) is 0 Å². The third-order valence-corrected chi connectivity index (χ3v) is 3.11. The van der Waals surface area contributed by atoms with Crippen LogP contribution >= 0.6 is 0 Å². The average molecular weight is 234 g/mol. The minimum Gasteiger partial charge on any atom is -0.391 e. The smallest absolute Gasteiger partial charge is 0.319 e. The first-order valence-electron chi connectivity index (χ1n) is 5.97. The van der Waals surface area contributed by atoms with E-state index in [1.807, 2.05) is 31.2 Å². The molecule has 2 atom stereocenters. The van der Waals surface area contributed by atoms with Crippen LogP contribution in [0, 0.1) is 6.92 Å². The highest BCUT2D eigenvalue weighted by atomic mass is 16.3. The number of aliphatic hydroxyl groups is 1. The van der Waals surface area contributed by atoms with Gasteiger partial charge in [0.05, 0.1) is 12.1 Å². The van der Waals surface area contributed by atoms with Crippen LogP contribution in [0.15, 0.2) is 24.3 Å². The van der Waals surface area contributed by atoms with Crippen molar-refractivity contribution in [2.75, 3.05) is 5.32 Å². The molecule has 1 aliphatic rings. The zero-order chi connectivity index (χ0) is 12.3. The number of anilines is 1. The zero-order valence-corrected chi connectivity index (χ0v) is 9.94. The fraction of sp³-hybridized carbons (Fsp3) is 0.462. The first-order valence-corrected chi connectivity index (χ1v) is 5.97. The van der Waals surface area contributed by atoms with Gasteiger partial charge in [-0.05, 0) is 38.3 Å². The van der Waals surface area contributed by atoms with Crippen LogP contribution in [0.4, 0.5) is 10.5 Å². The van der Waals surface area contributed by atoms with E-state index in [2.05, 4.69) is 10.6 Å². The molecule has 2 amide bonds. The summed E-state index contributed by atoms with van der Waals surface area (Å²) < 4.78 is 0. The second kappa shape index (κ2) is 5.19. The van der Waals surface area contributed by atoms with Crippen molar-refractivity contribution in [2.45, 2.75) is 38.3 Å². The van der Waals surface area contributed by atoms with E-state index in [1.54, 1.807) is 0 Å². The Bertz CT molecular complexity index is 389. The molecule has 1 saturated carbocycles. The molecular formula is C13H18N2O2. The molecule has 1 fully saturated rings. The lowest BCUT2D eigenvalue weighted by molar-refractivity contribution is 0.151. The van der Waals surface area contributed by atoms with Crippen LogP contribution in [0.1, 0.15) is 24.8 Å². The lowest BCUT2D eigenvalue weighted by Crippen LogP contribution is -2.42. The minimum absolute atomic E-state index is 0.111. The Hall–Kier alpha value is -1.55. The number of urea groups is 1. The van der Waals surface area contributed by atoms with Crippen LogP contribution in [0.3, 0.4) is 0 Å². The van der Waals surface area contributed by atoms with Crippen LogP contribution in [0.5, 0.6) is 0 Å². The number of carbonyl (C=O) groups excluding carboxylic acids is 1. The molecule has 1 aromatic rings. The number of rotatable bonds is 2. The molecular weight excluding hydrogens is 216 g/mol. The quantitative estimate of drug-likeness (QED) is 0.733. The summed E-state index contributed by atoms with van der Waals surface area (Å²) in [6.07, 6.45) is 2.19. The summed E-state index contributed by atoms with van der Waals surface area (Å²) >= 11 is 0. The van der Waals surface area contributed by atoms with Gasteiger partial charge >= 0.3 is 6.03 Å². The number of carbonyl (C=O) groups is 1. The third-order valence-electron chi connectivity index (χ3n) is 3.11. The Balaban J connectivity index is 1.86. The predicted octanol–water partition coefficient (Wildman–Crippen LogP) is 2.03. The van der Waals surface area contributed by atoms with Gasteiger partial charge in [-0.25, -0.2) is 4.79 Å². The summed E-state index contributed by atoms with van der Waals surface area (Å²) in [4.78, 5) is 11.7. The maximum atomic E-state index is 11.7. The second-order valence-corrected chi connectivity index (χ2v) is 4.57. The lowest BCUT2D eigenvalue weighted by atomic mass is 10.2. The molecule has 17 heavy (non-hydrogen) atoms. The Labute approximate surface area is 101 Å². The summed E-state index contributed by atoms with van der Waals surface area (Å²) in [5.41, 5.74) is 1.92. The van der Waals surface area contributed by atoms with Crippen LogP contribution in [-0.4, -0.2) is 23.3 Å². The maximum Gasteiger partial charge on any atom is 0.319 e. The number of hydrogen-bond donors (Lipinski definition) is 3. The van der Waals surface area contributed by atoms with Crippen LogP contribution in [-0.2, 0) is 0 Å². The molecule has 0 saturated heterocycles. The summed E-state index contributed by atoms with van der Waals surface area (Å²) in [5.74, 6) is 0. The van der Waals surface area contributed by atoms with Gasteiger partial charge in [-0.2, -0.15) is 0 Å². The molecule has 4 heteroatoms. The molecule has 4 nitrogen and oxygen atoms in total. The number of aliphatic hydroxyl groups excluding tert-OH is 1. The molecule has 0 radical (unpaired) electrons. The van der Waals surface area contributed by atoms with Crippen molar-refractivity contribution in [1.82, 2.24) is 5.32 Å². The molecule has 0 bridgehead atoms. The van der Waals surface area contributed by atoms with E-state index in [0.717, 1.165) is 30.5 Å². The molecule has 3 N–H and O–H groups in total. The highest BCUT2D eigenvalue weighted by Crippen LogP contribution is 2.18. The summed E-state index contributed by atoms with van der Waals surface area (Å²) in [6.45, 7) is 2.00. The number of benzene rings is 1. The van der Waals surface area contributed by atoms with Gasteiger partial charge in [0.15, 0.2) is 0 Å². The largest absolute Gasteiger partial charge is 0.391 e. The van der Waals surface area contributed by atoms with E-state index in [9.17, 15) is 9.90 Å². The van der Waals surface area contributed by atoms with Gasteiger partial charge in [0.1, 0.15) is 0 Å². The Kier molecular flexibility index (Phi) is 3.64. The molecule has 0 spiro atoms. The third kappa shape index (κ3) is 3.20. The maximum absolute atomic E-state index is 11.7. The molecule has 0 aromatic heterocycles. The Morgan fingerprint density at radius 2 is 2.00 bits per heavy atom. The van der Waals surface area contributed by atoms with Crippen molar-refractivity contribution in [3.05, 3.63) is 29.8 Å². The standard InChI is InChI=1S/C13H18N2O2/c1-9-5-7-10(8-6-9)14-13(17)15-11-3-2-4-12(11)16/h5-8,11-12,16H,2-4H2,1H3,(H2,14,15,17)/t11-,12+/m1/s1. The zero-order valence-electron chi connectivity index (χ0n) is 9.94. The minimum atomic E-state index is -0.404. The van der Waals surface area contributed by atoms with Crippen LogP contribution < -0.4 is 10.6 Å². The van der Waals surface area contributed by atoms with E-state index in [-0.39, 0.29) is 12.1 Å². The molecule has 1 aromatic carbocycles. The fourth-order valence-corrected chi connectivity index (χ4v) is 2.08. The van der Waals surface area contributed by atoms with Gasteiger partial charge in [-0.3, -0.25) is 0 Å². The molecule has 92 valence electrons. The van der Waals surface area contributed by atoms with Crippen molar-refractivity contribution < 1.29 is 9.90 Å². The fourth-order valence-electron chi connectivity index (χ4n) is 2.08. The van der Waals surface area contributed by atoms with Gasteiger partial charge in [-0.1, -0.05) is 17.7 Å². The van der Waals surface area contributed by atoms with Crippen molar-refractivity contribution in [2.24, 2.45) is 0 Å². The van der Waals surface area contributed by atoms with Crippen LogP contribution in [0.2, 0.25) is 0 Å². The topological polar surface area (TPSA) is 61.4 Å². The molecule has 2 rings (SSSR count). The molecule has 1 aliphatic carbocycles. The van der Waals surface area contributed by atoms with Gasteiger partial charge in [0, 0.05) is 5.69 Å². The number of amides is 2. The normalized spacial score (nSPS) is 23.4. The van der Waals surface area contributed by atoms with Gasteiger partial charge < -0.3 is 15.7 Å². The number of hydrogen-bond acceptors (Lipinski definition) is 2. The van der Waals surface area contributed by atoms with E-state index in [0.29, 0.717) is 0 Å². The second-order valence-electron chi connectivity index (χ2n) is 4.57. The first-order chi connectivity index (χ1) is 8.15. The van der Waals surface area contributed by atoms with E-state index >= 15 is 0 Å². The van der Waals surface area contributed by atoms with E-state index in [4.69, 9.17) is 0 Å². The van der Waals surface area contributed by atoms with Crippen molar-refractivity contribution in [3.63, 3.8) is 0 Å². The van der Waals surface area contributed by atoms with Gasteiger partial charge in [-0.15, -0.1) is 0 Å². The van der Waals surface area contributed by atoms with E-state index in [1.165, 1.54) is 0 Å². The molecule has 0 unspecified atom stereocenters. The summed E-state index contributed by atoms with van der Waals surface area (Å²) in [6, 6.07) is 7.25.